The van der Waals surface area contributed by atoms with E-state index in [4.69, 9.17) is 9.47 Å². The van der Waals surface area contributed by atoms with Crippen molar-refractivity contribution in [2.24, 2.45) is 0 Å². The molecule has 1 atom stereocenters. The van der Waals surface area contributed by atoms with Crippen LogP contribution in [0, 0.1) is 0 Å². The van der Waals surface area contributed by atoms with Crippen molar-refractivity contribution in [1.29, 1.82) is 0 Å². The number of hydrogen-bond acceptors (Lipinski definition) is 4. The zero-order valence-electron chi connectivity index (χ0n) is 10.5. The highest BCUT2D eigenvalue weighted by molar-refractivity contribution is 5.83. The van der Waals surface area contributed by atoms with Gasteiger partial charge in [-0.1, -0.05) is 0 Å². The molecule has 0 heterocycles. The number of likely N-dealkylation sites (N-methyl/N-ethyl adjacent to an activating group) is 2. The Morgan fingerprint density at radius 1 is 1.24 bits per heavy atom. The summed E-state index contributed by atoms with van der Waals surface area (Å²) in [5.74, 6) is 1.21. The Morgan fingerprint density at radius 2 is 1.94 bits per heavy atom. The maximum Gasteiger partial charge on any atom is 0.241 e. The highest BCUT2D eigenvalue weighted by atomic mass is 16.5. The van der Waals surface area contributed by atoms with Gasteiger partial charge >= 0.3 is 0 Å². The van der Waals surface area contributed by atoms with Crippen LogP contribution < -0.4 is 20.1 Å². The van der Waals surface area contributed by atoms with Crippen LogP contribution in [0.5, 0.6) is 11.5 Å². The number of rotatable bonds is 5. The highest BCUT2D eigenvalue weighted by Gasteiger charge is 2.21. The summed E-state index contributed by atoms with van der Waals surface area (Å²) in [5, 5.41) is 5.55. The topological polar surface area (TPSA) is 59.6 Å². The third-order valence-electron chi connectivity index (χ3n) is 2.55. The van der Waals surface area contributed by atoms with Crippen molar-refractivity contribution in [1.82, 2.24) is 10.6 Å². The average Bonchev–Trinajstić information content (AvgIpc) is 2.39. The number of hydrogen-bond donors (Lipinski definition) is 2. The fourth-order valence-corrected chi connectivity index (χ4v) is 1.64. The van der Waals surface area contributed by atoms with Gasteiger partial charge in [0.1, 0.15) is 17.5 Å². The SMILES string of the molecule is CNC(=O)C(NC)c1cc(OC)ccc1OC. The maximum atomic E-state index is 11.7. The molecule has 5 heteroatoms. The Morgan fingerprint density at radius 3 is 2.41 bits per heavy atom. The normalized spacial score (nSPS) is 11.8. The number of carbonyl (C=O) groups is 1. The molecule has 0 fully saturated rings. The van der Waals surface area contributed by atoms with Crippen molar-refractivity contribution in [2.45, 2.75) is 6.04 Å². The van der Waals surface area contributed by atoms with Crippen molar-refractivity contribution in [3.63, 3.8) is 0 Å². The molecule has 0 aromatic heterocycles. The maximum absolute atomic E-state index is 11.7. The van der Waals surface area contributed by atoms with E-state index in [1.807, 2.05) is 0 Å². The average molecular weight is 238 g/mol. The molecule has 1 aromatic rings. The van der Waals surface area contributed by atoms with E-state index in [-0.39, 0.29) is 5.91 Å². The highest BCUT2D eigenvalue weighted by Crippen LogP contribution is 2.29. The van der Waals surface area contributed by atoms with Crippen LogP contribution in [-0.2, 0) is 4.79 Å². The van der Waals surface area contributed by atoms with Crippen molar-refractivity contribution < 1.29 is 14.3 Å². The molecule has 0 aliphatic rings. The molecule has 1 aromatic carbocycles. The van der Waals surface area contributed by atoms with E-state index in [2.05, 4.69) is 10.6 Å². The van der Waals surface area contributed by atoms with Gasteiger partial charge in [0.25, 0.3) is 0 Å². The Kier molecular flexibility index (Phi) is 4.78. The summed E-state index contributed by atoms with van der Waals surface area (Å²) in [6.07, 6.45) is 0. The second kappa shape index (κ2) is 6.10. The van der Waals surface area contributed by atoms with Crippen LogP contribution in [0.25, 0.3) is 0 Å². The Labute approximate surface area is 101 Å². The summed E-state index contributed by atoms with van der Waals surface area (Å²) in [5.41, 5.74) is 0.744. The van der Waals surface area contributed by atoms with Gasteiger partial charge in [-0.05, 0) is 25.2 Å². The van der Waals surface area contributed by atoms with E-state index in [1.165, 1.54) is 0 Å². The molecule has 17 heavy (non-hydrogen) atoms. The first-order valence-corrected chi connectivity index (χ1v) is 5.28. The predicted molar refractivity (Wildman–Crippen MR) is 65.4 cm³/mol. The minimum atomic E-state index is -0.468. The molecule has 1 amide bonds. The minimum absolute atomic E-state index is 0.126. The quantitative estimate of drug-likeness (QED) is 0.793. The summed E-state index contributed by atoms with van der Waals surface area (Å²) in [4.78, 5) is 11.7. The van der Waals surface area contributed by atoms with Gasteiger partial charge in [-0.2, -0.15) is 0 Å². The molecule has 0 radical (unpaired) electrons. The first-order chi connectivity index (χ1) is 8.17. The second-order valence-electron chi connectivity index (χ2n) is 3.44. The lowest BCUT2D eigenvalue weighted by Gasteiger charge is -2.18. The monoisotopic (exact) mass is 238 g/mol. The van der Waals surface area contributed by atoms with E-state index in [0.717, 1.165) is 5.56 Å². The van der Waals surface area contributed by atoms with Crippen LogP contribution in [-0.4, -0.2) is 34.2 Å². The van der Waals surface area contributed by atoms with Gasteiger partial charge < -0.3 is 20.1 Å². The van der Waals surface area contributed by atoms with Crippen molar-refractivity contribution in [3.8, 4) is 11.5 Å². The largest absolute Gasteiger partial charge is 0.497 e. The molecule has 0 saturated carbocycles. The molecule has 2 N–H and O–H groups in total. The number of ether oxygens (including phenoxy) is 2. The Balaban J connectivity index is 3.19. The molecular formula is C12H18N2O3. The molecule has 0 aliphatic carbocycles. The lowest BCUT2D eigenvalue weighted by molar-refractivity contribution is -0.122. The number of nitrogens with one attached hydrogen (secondary N) is 2. The van der Waals surface area contributed by atoms with Crippen LogP contribution in [0.15, 0.2) is 18.2 Å². The summed E-state index contributed by atoms with van der Waals surface area (Å²) < 4.78 is 10.4. The van der Waals surface area contributed by atoms with Crippen molar-refractivity contribution in [2.75, 3.05) is 28.3 Å². The van der Waals surface area contributed by atoms with E-state index in [1.54, 1.807) is 46.5 Å². The van der Waals surface area contributed by atoms with Gasteiger partial charge in [0.2, 0.25) is 5.91 Å². The lowest BCUT2D eigenvalue weighted by Crippen LogP contribution is -2.34. The third-order valence-corrected chi connectivity index (χ3v) is 2.55. The number of benzene rings is 1. The predicted octanol–water partition coefficient (Wildman–Crippen LogP) is 0.710. The van der Waals surface area contributed by atoms with Crippen LogP contribution in [0.1, 0.15) is 11.6 Å². The minimum Gasteiger partial charge on any atom is -0.497 e. The molecular weight excluding hydrogens is 220 g/mol. The van der Waals surface area contributed by atoms with Gasteiger partial charge in [0, 0.05) is 12.6 Å². The fourth-order valence-electron chi connectivity index (χ4n) is 1.64. The van der Waals surface area contributed by atoms with E-state index < -0.39 is 6.04 Å². The third kappa shape index (κ3) is 2.88. The Bertz CT molecular complexity index is 393. The number of amides is 1. The molecule has 1 rings (SSSR count). The second-order valence-corrected chi connectivity index (χ2v) is 3.44. The van der Waals surface area contributed by atoms with Gasteiger partial charge in [-0.3, -0.25) is 4.79 Å². The molecule has 0 spiro atoms. The van der Waals surface area contributed by atoms with E-state index in [0.29, 0.717) is 11.5 Å². The number of methoxy groups -OCH3 is 2. The van der Waals surface area contributed by atoms with Crippen LogP contribution >= 0.6 is 0 Å². The molecule has 94 valence electrons. The summed E-state index contributed by atoms with van der Waals surface area (Å²) in [6, 6.07) is 4.89. The molecule has 0 saturated heterocycles. The van der Waals surface area contributed by atoms with Crippen LogP contribution in [0.2, 0.25) is 0 Å². The summed E-state index contributed by atoms with van der Waals surface area (Å²) >= 11 is 0. The summed E-state index contributed by atoms with van der Waals surface area (Å²) in [6.45, 7) is 0. The van der Waals surface area contributed by atoms with Crippen molar-refractivity contribution in [3.05, 3.63) is 23.8 Å². The lowest BCUT2D eigenvalue weighted by atomic mass is 10.0. The van der Waals surface area contributed by atoms with Crippen molar-refractivity contribution >= 4 is 5.91 Å². The van der Waals surface area contributed by atoms with Gasteiger partial charge in [-0.15, -0.1) is 0 Å². The van der Waals surface area contributed by atoms with Crippen LogP contribution in [0.3, 0.4) is 0 Å². The van der Waals surface area contributed by atoms with Crippen LogP contribution in [0.4, 0.5) is 0 Å². The molecule has 1 unspecified atom stereocenters. The van der Waals surface area contributed by atoms with E-state index in [9.17, 15) is 4.79 Å². The molecule has 5 nitrogen and oxygen atoms in total. The van der Waals surface area contributed by atoms with Gasteiger partial charge in [0.05, 0.1) is 14.2 Å². The van der Waals surface area contributed by atoms with Gasteiger partial charge in [-0.25, -0.2) is 0 Å². The molecule has 0 aliphatic heterocycles. The Hall–Kier alpha value is -1.75. The first-order valence-electron chi connectivity index (χ1n) is 5.28. The molecule has 0 bridgehead atoms. The first kappa shape index (κ1) is 13.3. The van der Waals surface area contributed by atoms with E-state index >= 15 is 0 Å². The van der Waals surface area contributed by atoms with Gasteiger partial charge in [0.15, 0.2) is 0 Å². The zero-order chi connectivity index (χ0) is 12.8. The fraction of sp³-hybridized carbons (Fsp3) is 0.417. The standard InChI is InChI=1S/C12H18N2O3/c1-13-11(12(15)14-2)9-7-8(16-3)5-6-10(9)17-4/h5-7,11,13H,1-4H3,(H,14,15). The number of carbonyl (C=O) groups excluding carboxylic acids is 1. The smallest absolute Gasteiger partial charge is 0.241 e. The summed E-state index contributed by atoms with van der Waals surface area (Å²) in [7, 11) is 6.47. The zero-order valence-corrected chi connectivity index (χ0v) is 10.5.